The summed E-state index contributed by atoms with van der Waals surface area (Å²) in [7, 11) is 0. The highest BCUT2D eigenvalue weighted by Gasteiger charge is 2.21. The van der Waals surface area contributed by atoms with Crippen LogP contribution in [-0.4, -0.2) is 29.4 Å². The van der Waals surface area contributed by atoms with Crippen LogP contribution in [0.15, 0.2) is 24.3 Å². The molecular formula is C19H28N2O2S. The molecule has 2 amide bonds. The van der Waals surface area contributed by atoms with E-state index >= 15 is 0 Å². The van der Waals surface area contributed by atoms with Crippen molar-refractivity contribution >= 4 is 23.6 Å². The fourth-order valence-electron chi connectivity index (χ4n) is 2.98. The molecule has 1 fully saturated rings. The van der Waals surface area contributed by atoms with Crippen LogP contribution in [0.2, 0.25) is 0 Å². The van der Waals surface area contributed by atoms with Gasteiger partial charge in [-0.05, 0) is 37.0 Å². The van der Waals surface area contributed by atoms with Crippen LogP contribution < -0.4 is 10.6 Å². The number of rotatable bonds is 8. The Bertz CT molecular complexity index is 539. The van der Waals surface area contributed by atoms with Crippen LogP contribution >= 0.6 is 11.8 Å². The SMILES string of the molecule is CC(=O)N[C@@H](CSCC1CCCC1)C(=O)NCc1ccc(C)cc1. The minimum Gasteiger partial charge on any atom is -0.350 e. The first-order chi connectivity index (χ1) is 11.5. The highest BCUT2D eigenvalue weighted by atomic mass is 32.2. The summed E-state index contributed by atoms with van der Waals surface area (Å²) in [6.45, 7) is 3.99. The number of carbonyl (C=O) groups excluding carboxylic acids is 2. The molecule has 24 heavy (non-hydrogen) atoms. The number of carbonyl (C=O) groups is 2. The third kappa shape index (κ3) is 6.56. The van der Waals surface area contributed by atoms with E-state index in [4.69, 9.17) is 0 Å². The van der Waals surface area contributed by atoms with Crippen molar-refractivity contribution in [3.8, 4) is 0 Å². The molecule has 0 aromatic heterocycles. The van der Waals surface area contributed by atoms with E-state index in [2.05, 4.69) is 10.6 Å². The largest absolute Gasteiger partial charge is 0.350 e. The average Bonchev–Trinajstić information content (AvgIpc) is 3.06. The molecule has 5 heteroatoms. The lowest BCUT2D eigenvalue weighted by atomic mass is 10.1. The topological polar surface area (TPSA) is 58.2 Å². The molecule has 1 saturated carbocycles. The first kappa shape index (κ1) is 18.8. The summed E-state index contributed by atoms with van der Waals surface area (Å²) in [4.78, 5) is 23.8. The van der Waals surface area contributed by atoms with Crippen LogP contribution in [0, 0.1) is 12.8 Å². The minimum absolute atomic E-state index is 0.107. The van der Waals surface area contributed by atoms with Gasteiger partial charge in [-0.15, -0.1) is 0 Å². The molecule has 0 bridgehead atoms. The summed E-state index contributed by atoms with van der Waals surface area (Å²) in [5, 5.41) is 5.71. The van der Waals surface area contributed by atoms with Gasteiger partial charge in [0.2, 0.25) is 11.8 Å². The van der Waals surface area contributed by atoms with Gasteiger partial charge in [0, 0.05) is 19.2 Å². The zero-order valence-corrected chi connectivity index (χ0v) is 15.5. The van der Waals surface area contributed by atoms with Crippen molar-refractivity contribution in [2.45, 2.75) is 52.1 Å². The van der Waals surface area contributed by atoms with Gasteiger partial charge in [0.1, 0.15) is 6.04 Å². The van der Waals surface area contributed by atoms with Crippen LogP contribution in [0.4, 0.5) is 0 Å². The van der Waals surface area contributed by atoms with Crippen molar-refractivity contribution in [2.75, 3.05) is 11.5 Å². The summed E-state index contributed by atoms with van der Waals surface area (Å²) in [5.74, 6) is 2.23. The Morgan fingerprint density at radius 3 is 2.50 bits per heavy atom. The Balaban J connectivity index is 1.79. The number of thioether (sulfide) groups is 1. The van der Waals surface area contributed by atoms with Crippen molar-refractivity contribution in [1.29, 1.82) is 0 Å². The summed E-state index contributed by atoms with van der Waals surface area (Å²) in [6, 6.07) is 7.63. The minimum atomic E-state index is -0.459. The van der Waals surface area contributed by atoms with E-state index in [1.54, 1.807) is 11.8 Å². The highest BCUT2D eigenvalue weighted by molar-refractivity contribution is 7.99. The lowest BCUT2D eigenvalue weighted by Crippen LogP contribution is -2.47. The second-order valence-corrected chi connectivity index (χ2v) is 7.72. The van der Waals surface area contributed by atoms with Crippen molar-refractivity contribution in [3.05, 3.63) is 35.4 Å². The molecule has 0 spiro atoms. The van der Waals surface area contributed by atoms with Crippen molar-refractivity contribution < 1.29 is 9.59 Å². The molecule has 1 aliphatic rings. The molecule has 132 valence electrons. The van der Waals surface area contributed by atoms with E-state index in [1.165, 1.54) is 38.2 Å². The van der Waals surface area contributed by atoms with Gasteiger partial charge in [-0.2, -0.15) is 11.8 Å². The molecule has 1 aliphatic carbocycles. The Labute approximate surface area is 149 Å². The first-order valence-corrected chi connectivity index (χ1v) is 9.88. The van der Waals surface area contributed by atoms with Gasteiger partial charge in [0.25, 0.3) is 0 Å². The molecule has 0 aliphatic heterocycles. The number of aryl methyl sites for hydroxylation is 1. The fourth-order valence-corrected chi connectivity index (χ4v) is 4.25. The van der Waals surface area contributed by atoms with Gasteiger partial charge in [0.15, 0.2) is 0 Å². The van der Waals surface area contributed by atoms with Gasteiger partial charge in [-0.25, -0.2) is 0 Å². The summed E-state index contributed by atoms with van der Waals surface area (Å²) in [6.07, 6.45) is 5.27. The average molecular weight is 349 g/mol. The molecular weight excluding hydrogens is 320 g/mol. The van der Waals surface area contributed by atoms with Gasteiger partial charge >= 0.3 is 0 Å². The predicted molar refractivity (Wildman–Crippen MR) is 99.9 cm³/mol. The van der Waals surface area contributed by atoms with E-state index < -0.39 is 6.04 Å². The quantitative estimate of drug-likeness (QED) is 0.759. The van der Waals surface area contributed by atoms with E-state index in [1.807, 2.05) is 31.2 Å². The monoisotopic (exact) mass is 348 g/mol. The number of hydrogen-bond donors (Lipinski definition) is 2. The van der Waals surface area contributed by atoms with Crippen LogP contribution in [0.25, 0.3) is 0 Å². The molecule has 1 aromatic rings. The maximum atomic E-state index is 12.4. The molecule has 0 unspecified atom stereocenters. The Kier molecular flexibility index (Phi) is 7.63. The maximum absolute atomic E-state index is 12.4. The highest BCUT2D eigenvalue weighted by Crippen LogP contribution is 2.28. The summed E-state index contributed by atoms with van der Waals surface area (Å²) >= 11 is 1.78. The molecule has 2 rings (SSSR count). The number of amides is 2. The summed E-state index contributed by atoms with van der Waals surface area (Å²) < 4.78 is 0. The van der Waals surface area contributed by atoms with Gasteiger partial charge in [-0.1, -0.05) is 42.7 Å². The molecule has 1 atom stereocenters. The zero-order valence-electron chi connectivity index (χ0n) is 14.6. The van der Waals surface area contributed by atoms with Crippen molar-refractivity contribution in [3.63, 3.8) is 0 Å². The second kappa shape index (κ2) is 9.72. The van der Waals surface area contributed by atoms with E-state index in [9.17, 15) is 9.59 Å². The molecule has 0 heterocycles. The van der Waals surface area contributed by atoms with Crippen molar-refractivity contribution in [2.24, 2.45) is 5.92 Å². The molecule has 2 N–H and O–H groups in total. The van der Waals surface area contributed by atoms with Crippen molar-refractivity contribution in [1.82, 2.24) is 10.6 Å². The first-order valence-electron chi connectivity index (χ1n) is 8.72. The lowest BCUT2D eigenvalue weighted by Gasteiger charge is -2.18. The standard InChI is InChI=1S/C19H28N2O2S/c1-14-7-9-16(10-8-14)11-20-19(23)18(21-15(2)22)13-24-12-17-5-3-4-6-17/h7-10,17-18H,3-6,11-13H2,1-2H3,(H,20,23)(H,21,22)/t18-/m0/s1. The second-order valence-electron chi connectivity index (χ2n) is 6.64. The third-order valence-electron chi connectivity index (χ3n) is 4.39. The predicted octanol–water partition coefficient (Wildman–Crippen LogP) is 3.04. The van der Waals surface area contributed by atoms with Gasteiger partial charge in [-0.3, -0.25) is 9.59 Å². The van der Waals surface area contributed by atoms with Gasteiger partial charge in [0.05, 0.1) is 0 Å². The van der Waals surface area contributed by atoms with E-state index in [-0.39, 0.29) is 11.8 Å². The van der Waals surface area contributed by atoms with Crippen LogP contribution in [0.3, 0.4) is 0 Å². The Hall–Kier alpha value is -1.49. The number of benzene rings is 1. The molecule has 0 saturated heterocycles. The van der Waals surface area contributed by atoms with Crippen LogP contribution in [0.5, 0.6) is 0 Å². The maximum Gasteiger partial charge on any atom is 0.243 e. The number of nitrogens with one attached hydrogen (secondary N) is 2. The summed E-state index contributed by atoms with van der Waals surface area (Å²) in [5.41, 5.74) is 2.26. The smallest absolute Gasteiger partial charge is 0.243 e. The Morgan fingerprint density at radius 2 is 1.88 bits per heavy atom. The van der Waals surface area contributed by atoms with E-state index in [0.717, 1.165) is 17.2 Å². The zero-order chi connectivity index (χ0) is 17.4. The van der Waals surface area contributed by atoms with Crippen LogP contribution in [0.1, 0.15) is 43.7 Å². The molecule has 0 radical (unpaired) electrons. The van der Waals surface area contributed by atoms with Gasteiger partial charge < -0.3 is 10.6 Å². The lowest BCUT2D eigenvalue weighted by molar-refractivity contribution is -0.127. The molecule has 1 aromatic carbocycles. The fraction of sp³-hybridized carbons (Fsp3) is 0.579. The third-order valence-corrected chi connectivity index (χ3v) is 5.67. The Morgan fingerprint density at radius 1 is 1.21 bits per heavy atom. The number of hydrogen-bond acceptors (Lipinski definition) is 3. The van der Waals surface area contributed by atoms with E-state index in [0.29, 0.717) is 12.3 Å². The van der Waals surface area contributed by atoms with Crippen LogP contribution in [-0.2, 0) is 16.1 Å². The molecule has 4 nitrogen and oxygen atoms in total. The normalized spacial score (nSPS) is 15.9.